The summed E-state index contributed by atoms with van der Waals surface area (Å²) in [5.41, 5.74) is 3.91. The number of hydrogen-bond acceptors (Lipinski definition) is 3. The van der Waals surface area contributed by atoms with Crippen LogP contribution in [0.3, 0.4) is 0 Å². The summed E-state index contributed by atoms with van der Waals surface area (Å²) in [7, 11) is 2.09. The molecule has 2 aromatic carbocycles. The first-order valence-electron chi connectivity index (χ1n) is 7.80. The van der Waals surface area contributed by atoms with Gasteiger partial charge < -0.3 is 9.74 Å². The second-order valence-corrected chi connectivity index (χ2v) is 7.23. The molecule has 2 heterocycles. The molecule has 0 saturated carbocycles. The maximum Gasteiger partial charge on any atom is 0.224 e. The average molecular weight is 327 g/mol. The number of anilines is 1. The number of hydrogen-bond donors (Lipinski definition) is 0. The highest BCUT2D eigenvalue weighted by atomic mass is 35.5. The standard InChI is InChI=1S/C19H19ClN2O/c1-18(2)15-6-4-5-7-17(15)22(3)19(18)12-16(21-23-19)13-8-10-14(20)11-9-13/h4-11H,12H2,1-3H3/t19-/m0/s1. The van der Waals surface area contributed by atoms with Gasteiger partial charge in [-0.3, -0.25) is 0 Å². The van der Waals surface area contributed by atoms with Gasteiger partial charge in [0, 0.05) is 17.8 Å². The summed E-state index contributed by atoms with van der Waals surface area (Å²) in [6.07, 6.45) is 0.743. The van der Waals surface area contributed by atoms with Crippen molar-refractivity contribution in [2.45, 2.75) is 31.4 Å². The molecule has 3 nitrogen and oxygen atoms in total. The predicted molar refractivity (Wildman–Crippen MR) is 94.3 cm³/mol. The van der Waals surface area contributed by atoms with Gasteiger partial charge in [0.25, 0.3) is 0 Å². The first-order valence-corrected chi connectivity index (χ1v) is 8.18. The van der Waals surface area contributed by atoms with Gasteiger partial charge in [-0.1, -0.05) is 47.1 Å². The van der Waals surface area contributed by atoms with Crippen LogP contribution in [0.25, 0.3) is 0 Å². The largest absolute Gasteiger partial charge is 0.366 e. The molecular weight excluding hydrogens is 308 g/mol. The Morgan fingerprint density at radius 2 is 1.78 bits per heavy atom. The lowest BCUT2D eigenvalue weighted by Crippen LogP contribution is -2.54. The Hall–Kier alpha value is -2.00. The number of likely N-dealkylation sites (N-methyl/N-ethyl adjacent to an activating group) is 1. The fourth-order valence-corrected chi connectivity index (χ4v) is 3.98. The Morgan fingerprint density at radius 1 is 1.09 bits per heavy atom. The second-order valence-electron chi connectivity index (χ2n) is 6.80. The first kappa shape index (κ1) is 14.6. The van der Waals surface area contributed by atoms with E-state index >= 15 is 0 Å². The number of benzene rings is 2. The summed E-state index contributed by atoms with van der Waals surface area (Å²) in [4.78, 5) is 8.32. The van der Waals surface area contributed by atoms with Crippen LogP contribution in [0.4, 0.5) is 5.69 Å². The lowest BCUT2D eigenvalue weighted by molar-refractivity contribution is -0.0591. The van der Waals surface area contributed by atoms with Crippen molar-refractivity contribution in [2.75, 3.05) is 11.9 Å². The van der Waals surface area contributed by atoms with Gasteiger partial charge in [0.1, 0.15) is 0 Å². The summed E-state index contributed by atoms with van der Waals surface area (Å²) in [6.45, 7) is 4.46. The number of rotatable bonds is 1. The van der Waals surface area contributed by atoms with Crippen molar-refractivity contribution >= 4 is 23.0 Å². The Labute approximate surface area is 141 Å². The van der Waals surface area contributed by atoms with Crippen molar-refractivity contribution in [3.8, 4) is 0 Å². The molecule has 1 spiro atoms. The Bertz CT molecular complexity index is 797. The number of fused-ring (bicyclic) bond motifs is 1. The topological polar surface area (TPSA) is 24.8 Å². The van der Waals surface area contributed by atoms with Crippen molar-refractivity contribution in [3.63, 3.8) is 0 Å². The van der Waals surface area contributed by atoms with E-state index in [0.717, 1.165) is 22.7 Å². The van der Waals surface area contributed by atoms with Crippen molar-refractivity contribution < 1.29 is 4.84 Å². The van der Waals surface area contributed by atoms with Crippen LogP contribution in [0, 0.1) is 0 Å². The van der Waals surface area contributed by atoms with Crippen LogP contribution in [-0.4, -0.2) is 18.5 Å². The molecule has 2 aromatic rings. The molecule has 0 saturated heterocycles. The lowest BCUT2D eigenvalue weighted by Gasteiger charge is -2.40. The molecule has 4 heteroatoms. The van der Waals surface area contributed by atoms with Crippen molar-refractivity contribution in [1.82, 2.24) is 0 Å². The van der Waals surface area contributed by atoms with E-state index in [-0.39, 0.29) is 5.41 Å². The maximum atomic E-state index is 6.09. The van der Waals surface area contributed by atoms with E-state index < -0.39 is 5.72 Å². The third-order valence-corrected chi connectivity index (χ3v) is 5.60. The van der Waals surface area contributed by atoms with Gasteiger partial charge in [-0.15, -0.1) is 0 Å². The molecule has 0 N–H and O–H groups in total. The molecule has 0 aliphatic carbocycles. The summed E-state index contributed by atoms with van der Waals surface area (Å²) in [5.74, 6) is 0. The van der Waals surface area contributed by atoms with Gasteiger partial charge in [0.15, 0.2) is 0 Å². The second kappa shape index (κ2) is 4.75. The molecule has 0 bridgehead atoms. The van der Waals surface area contributed by atoms with Gasteiger partial charge in [-0.25, -0.2) is 0 Å². The molecule has 2 aliphatic heterocycles. The summed E-state index contributed by atoms with van der Waals surface area (Å²) in [6, 6.07) is 16.3. The van der Waals surface area contributed by atoms with E-state index in [2.05, 4.69) is 55.2 Å². The van der Waals surface area contributed by atoms with E-state index in [1.165, 1.54) is 11.3 Å². The highest BCUT2D eigenvalue weighted by Gasteiger charge is 2.61. The first-order chi connectivity index (χ1) is 11.0. The van der Waals surface area contributed by atoms with Crippen LogP contribution in [0.5, 0.6) is 0 Å². The minimum absolute atomic E-state index is 0.157. The van der Waals surface area contributed by atoms with Gasteiger partial charge in [0.05, 0.1) is 17.5 Å². The summed E-state index contributed by atoms with van der Waals surface area (Å²) < 4.78 is 0. The van der Waals surface area contributed by atoms with Gasteiger partial charge in [-0.05, 0) is 43.2 Å². The Morgan fingerprint density at radius 3 is 2.48 bits per heavy atom. The quantitative estimate of drug-likeness (QED) is 0.765. The molecule has 4 rings (SSSR count). The molecular formula is C19H19ClN2O. The number of para-hydroxylation sites is 1. The minimum atomic E-state index is -0.480. The molecule has 0 radical (unpaired) electrons. The third-order valence-electron chi connectivity index (χ3n) is 5.35. The number of nitrogens with zero attached hydrogens (tertiary/aromatic N) is 2. The van der Waals surface area contributed by atoms with Gasteiger partial charge >= 0.3 is 0 Å². The molecule has 1 atom stereocenters. The maximum absolute atomic E-state index is 6.09. The predicted octanol–water partition coefficient (Wildman–Crippen LogP) is 4.59. The highest BCUT2D eigenvalue weighted by molar-refractivity contribution is 6.30. The van der Waals surface area contributed by atoms with Gasteiger partial charge in [-0.2, -0.15) is 0 Å². The fourth-order valence-electron chi connectivity index (χ4n) is 3.85. The van der Waals surface area contributed by atoms with E-state index in [9.17, 15) is 0 Å². The van der Waals surface area contributed by atoms with Crippen molar-refractivity contribution in [3.05, 3.63) is 64.7 Å². The highest BCUT2D eigenvalue weighted by Crippen LogP contribution is 2.55. The van der Waals surface area contributed by atoms with E-state index in [1.54, 1.807) is 0 Å². The van der Waals surface area contributed by atoms with Gasteiger partial charge in [0.2, 0.25) is 5.72 Å². The molecule has 0 fully saturated rings. The van der Waals surface area contributed by atoms with Crippen molar-refractivity contribution in [1.29, 1.82) is 0 Å². The lowest BCUT2D eigenvalue weighted by atomic mass is 9.75. The molecule has 0 amide bonds. The van der Waals surface area contributed by atoms with E-state index in [0.29, 0.717) is 0 Å². The van der Waals surface area contributed by atoms with E-state index in [1.807, 2.05) is 24.3 Å². The SMILES string of the molecule is CN1c2ccccc2C(C)(C)[C@@]12CC(c1ccc(Cl)cc1)=NO2. The molecule has 23 heavy (non-hydrogen) atoms. The molecule has 118 valence electrons. The number of oxime groups is 1. The summed E-state index contributed by atoms with van der Waals surface area (Å²) >= 11 is 5.99. The third kappa shape index (κ3) is 1.86. The van der Waals surface area contributed by atoms with Crippen LogP contribution < -0.4 is 4.90 Å². The van der Waals surface area contributed by atoms with Crippen LogP contribution in [0.2, 0.25) is 5.02 Å². The minimum Gasteiger partial charge on any atom is -0.366 e. The zero-order valence-electron chi connectivity index (χ0n) is 13.5. The molecule has 2 aliphatic rings. The molecule has 0 aromatic heterocycles. The normalized spacial score (nSPS) is 24.5. The van der Waals surface area contributed by atoms with E-state index in [4.69, 9.17) is 16.4 Å². The Kier molecular flexibility index (Phi) is 3.01. The fraction of sp³-hybridized carbons (Fsp3) is 0.316. The van der Waals surface area contributed by atoms with Crippen LogP contribution in [0.1, 0.15) is 31.4 Å². The Balaban J connectivity index is 1.73. The average Bonchev–Trinajstić information content (AvgIpc) is 3.07. The zero-order valence-corrected chi connectivity index (χ0v) is 14.3. The molecule has 0 unspecified atom stereocenters. The van der Waals surface area contributed by atoms with Crippen LogP contribution in [0.15, 0.2) is 53.7 Å². The zero-order chi connectivity index (χ0) is 16.2. The monoisotopic (exact) mass is 326 g/mol. The van der Waals surface area contributed by atoms with Crippen molar-refractivity contribution in [2.24, 2.45) is 5.16 Å². The van der Waals surface area contributed by atoms with Crippen LogP contribution >= 0.6 is 11.6 Å². The summed E-state index contributed by atoms with van der Waals surface area (Å²) in [5, 5.41) is 5.16. The van der Waals surface area contributed by atoms with Crippen LogP contribution in [-0.2, 0) is 10.3 Å². The number of halogens is 1. The smallest absolute Gasteiger partial charge is 0.224 e.